The molecular formula is C7H8N4S. The number of hydrogen-bond donors (Lipinski definition) is 1. The Balaban J connectivity index is 2.14. The summed E-state index contributed by atoms with van der Waals surface area (Å²) in [7, 11) is 1.88. The van der Waals surface area contributed by atoms with E-state index in [1.165, 1.54) is 0 Å². The second kappa shape index (κ2) is 2.94. The molecule has 0 radical (unpaired) electrons. The summed E-state index contributed by atoms with van der Waals surface area (Å²) in [6, 6.07) is 0. The maximum absolute atomic E-state index is 4.09. The number of nitrogens with one attached hydrogen (secondary N) is 1. The van der Waals surface area contributed by atoms with Crippen LogP contribution >= 0.6 is 11.3 Å². The smallest absolute Gasteiger partial charge is 0.187 e. The quantitative estimate of drug-likeness (QED) is 0.763. The number of thiazole rings is 1. The molecule has 0 aliphatic heterocycles. The first-order valence-corrected chi connectivity index (χ1v) is 4.38. The summed E-state index contributed by atoms with van der Waals surface area (Å²) in [4.78, 5) is 4.09. The molecule has 0 aliphatic rings. The fourth-order valence-corrected chi connectivity index (χ4v) is 1.44. The van der Waals surface area contributed by atoms with Gasteiger partial charge in [-0.15, -0.1) is 11.3 Å². The molecule has 0 saturated heterocycles. The third kappa shape index (κ3) is 1.45. The van der Waals surface area contributed by atoms with Crippen LogP contribution in [0, 0.1) is 0 Å². The van der Waals surface area contributed by atoms with Gasteiger partial charge in [-0.2, -0.15) is 5.10 Å². The Morgan fingerprint density at radius 1 is 1.58 bits per heavy atom. The van der Waals surface area contributed by atoms with Gasteiger partial charge < -0.3 is 5.32 Å². The highest BCUT2D eigenvalue weighted by atomic mass is 32.1. The fraction of sp³-hybridized carbons (Fsp3) is 0.143. The first-order chi connectivity index (χ1) is 5.84. The van der Waals surface area contributed by atoms with Crippen molar-refractivity contribution in [1.29, 1.82) is 0 Å². The standard InChI is InChI=1S/C7H8N4S/c1-11-5-6(4-9-11)10-7-8-2-3-12-7/h2-5H,1H3,(H,8,10). The molecule has 2 aromatic heterocycles. The Labute approximate surface area is 73.9 Å². The number of aryl methyl sites for hydroxylation is 1. The van der Waals surface area contributed by atoms with Gasteiger partial charge in [-0.05, 0) is 0 Å². The van der Waals surface area contributed by atoms with Crippen molar-refractivity contribution in [3.05, 3.63) is 24.0 Å². The zero-order valence-electron chi connectivity index (χ0n) is 6.56. The second-order valence-corrected chi connectivity index (χ2v) is 3.26. The molecule has 0 amide bonds. The van der Waals surface area contributed by atoms with Gasteiger partial charge in [0.05, 0.1) is 11.9 Å². The molecule has 2 aromatic rings. The van der Waals surface area contributed by atoms with Crippen LogP contribution < -0.4 is 5.32 Å². The Kier molecular flexibility index (Phi) is 1.79. The van der Waals surface area contributed by atoms with Gasteiger partial charge in [-0.1, -0.05) is 0 Å². The molecule has 0 aromatic carbocycles. The van der Waals surface area contributed by atoms with Crippen molar-refractivity contribution in [2.45, 2.75) is 0 Å². The lowest BCUT2D eigenvalue weighted by Gasteiger charge is -1.94. The van der Waals surface area contributed by atoms with E-state index in [-0.39, 0.29) is 0 Å². The van der Waals surface area contributed by atoms with Crippen LogP contribution in [0.1, 0.15) is 0 Å². The summed E-state index contributed by atoms with van der Waals surface area (Å²) in [6.45, 7) is 0. The van der Waals surface area contributed by atoms with Crippen LogP contribution in [0.3, 0.4) is 0 Å². The van der Waals surface area contributed by atoms with Gasteiger partial charge in [-0.25, -0.2) is 4.98 Å². The molecule has 12 heavy (non-hydrogen) atoms. The summed E-state index contributed by atoms with van der Waals surface area (Å²) in [5, 5.41) is 9.98. The predicted molar refractivity (Wildman–Crippen MR) is 48.6 cm³/mol. The van der Waals surface area contributed by atoms with Crippen LogP contribution in [0.5, 0.6) is 0 Å². The zero-order chi connectivity index (χ0) is 8.39. The normalized spacial score (nSPS) is 10.1. The molecule has 0 fully saturated rings. The number of anilines is 2. The molecule has 4 nitrogen and oxygen atoms in total. The van der Waals surface area contributed by atoms with Gasteiger partial charge in [0.2, 0.25) is 0 Å². The Hall–Kier alpha value is -1.36. The van der Waals surface area contributed by atoms with Crippen LogP contribution in [0.4, 0.5) is 10.8 Å². The highest BCUT2D eigenvalue weighted by molar-refractivity contribution is 7.13. The van der Waals surface area contributed by atoms with Crippen molar-refractivity contribution in [3.8, 4) is 0 Å². The number of rotatable bonds is 2. The molecule has 5 heteroatoms. The highest BCUT2D eigenvalue weighted by Gasteiger charge is 1.97. The van der Waals surface area contributed by atoms with Crippen LogP contribution in [-0.2, 0) is 7.05 Å². The van der Waals surface area contributed by atoms with E-state index in [4.69, 9.17) is 0 Å². The van der Waals surface area contributed by atoms with Crippen LogP contribution in [0.15, 0.2) is 24.0 Å². The van der Waals surface area contributed by atoms with E-state index in [2.05, 4.69) is 15.4 Å². The molecule has 0 atom stereocenters. The van der Waals surface area contributed by atoms with Gasteiger partial charge in [0, 0.05) is 24.8 Å². The monoisotopic (exact) mass is 180 g/mol. The van der Waals surface area contributed by atoms with Gasteiger partial charge in [-0.3, -0.25) is 4.68 Å². The van der Waals surface area contributed by atoms with Crippen molar-refractivity contribution in [1.82, 2.24) is 14.8 Å². The van der Waals surface area contributed by atoms with Crippen molar-refractivity contribution in [3.63, 3.8) is 0 Å². The van der Waals surface area contributed by atoms with Crippen molar-refractivity contribution in [2.24, 2.45) is 7.05 Å². The molecule has 62 valence electrons. The molecule has 0 saturated carbocycles. The molecule has 0 unspecified atom stereocenters. The average molecular weight is 180 g/mol. The maximum atomic E-state index is 4.09. The van der Waals surface area contributed by atoms with E-state index < -0.39 is 0 Å². The average Bonchev–Trinajstić information content (AvgIpc) is 2.63. The van der Waals surface area contributed by atoms with Gasteiger partial charge >= 0.3 is 0 Å². The molecule has 0 bridgehead atoms. The van der Waals surface area contributed by atoms with Gasteiger partial charge in [0.25, 0.3) is 0 Å². The lowest BCUT2D eigenvalue weighted by atomic mass is 10.6. The van der Waals surface area contributed by atoms with Crippen LogP contribution in [-0.4, -0.2) is 14.8 Å². The summed E-state index contributed by atoms with van der Waals surface area (Å²) >= 11 is 1.57. The lowest BCUT2D eigenvalue weighted by Crippen LogP contribution is -1.87. The summed E-state index contributed by atoms with van der Waals surface area (Å²) < 4.78 is 1.75. The second-order valence-electron chi connectivity index (χ2n) is 2.36. The lowest BCUT2D eigenvalue weighted by molar-refractivity contribution is 0.768. The molecule has 0 aliphatic carbocycles. The molecule has 1 N–H and O–H groups in total. The third-order valence-corrected chi connectivity index (χ3v) is 2.08. The summed E-state index contributed by atoms with van der Waals surface area (Å²) in [5.74, 6) is 0. The minimum Gasteiger partial charge on any atom is -0.329 e. The van der Waals surface area contributed by atoms with E-state index in [9.17, 15) is 0 Å². The Morgan fingerprint density at radius 2 is 2.50 bits per heavy atom. The molecule has 2 heterocycles. The minimum absolute atomic E-state index is 0.892. The first kappa shape index (κ1) is 7.30. The van der Waals surface area contributed by atoms with Gasteiger partial charge in [0.1, 0.15) is 0 Å². The van der Waals surface area contributed by atoms with Crippen LogP contribution in [0.2, 0.25) is 0 Å². The van der Waals surface area contributed by atoms with Crippen LogP contribution in [0.25, 0.3) is 0 Å². The maximum Gasteiger partial charge on any atom is 0.187 e. The largest absolute Gasteiger partial charge is 0.329 e. The minimum atomic E-state index is 0.892. The van der Waals surface area contributed by atoms with E-state index in [1.54, 1.807) is 28.4 Å². The summed E-state index contributed by atoms with van der Waals surface area (Å²) in [5.41, 5.74) is 0.965. The van der Waals surface area contributed by atoms with Crippen molar-refractivity contribution in [2.75, 3.05) is 5.32 Å². The van der Waals surface area contributed by atoms with E-state index in [0.717, 1.165) is 10.8 Å². The Morgan fingerprint density at radius 3 is 3.08 bits per heavy atom. The molecule has 2 rings (SSSR count). The van der Waals surface area contributed by atoms with Crippen molar-refractivity contribution >= 4 is 22.2 Å². The van der Waals surface area contributed by atoms with E-state index in [1.807, 2.05) is 18.6 Å². The number of nitrogens with zero attached hydrogens (tertiary/aromatic N) is 3. The summed E-state index contributed by atoms with van der Waals surface area (Å²) in [6.07, 6.45) is 5.44. The topological polar surface area (TPSA) is 42.7 Å². The number of hydrogen-bond acceptors (Lipinski definition) is 4. The fourth-order valence-electron chi connectivity index (χ4n) is 0.894. The zero-order valence-corrected chi connectivity index (χ0v) is 7.38. The van der Waals surface area contributed by atoms with Gasteiger partial charge in [0.15, 0.2) is 5.13 Å². The first-order valence-electron chi connectivity index (χ1n) is 3.50. The van der Waals surface area contributed by atoms with Crippen molar-refractivity contribution < 1.29 is 0 Å². The van der Waals surface area contributed by atoms with E-state index >= 15 is 0 Å². The predicted octanol–water partition coefficient (Wildman–Crippen LogP) is 1.62. The van der Waals surface area contributed by atoms with E-state index in [0.29, 0.717) is 0 Å². The highest BCUT2D eigenvalue weighted by Crippen LogP contribution is 2.16. The molecular weight excluding hydrogens is 172 g/mol. The number of aromatic nitrogens is 3. The molecule has 0 spiro atoms. The third-order valence-electron chi connectivity index (χ3n) is 1.39. The SMILES string of the molecule is Cn1cc(Nc2nccs2)cn1. The Bertz CT molecular complexity index is 351.